The molecule has 21 heavy (non-hydrogen) atoms. The maximum absolute atomic E-state index is 13.7. The molecular formula is C17H21FN2S. The van der Waals surface area contributed by atoms with E-state index in [-0.39, 0.29) is 11.9 Å². The zero-order valence-corrected chi connectivity index (χ0v) is 13.3. The summed E-state index contributed by atoms with van der Waals surface area (Å²) >= 11 is 1.73. The van der Waals surface area contributed by atoms with E-state index in [1.807, 2.05) is 13.1 Å². The molecule has 112 valence electrons. The van der Waals surface area contributed by atoms with Crippen molar-refractivity contribution < 1.29 is 4.39 Å². The minimum atomic E-state index is -0.165. The maximum Gasteiger partial charge on any atom is 0.123 e. The Morgan fingerprint density at radius 1 is 1.38 bits per heavy atom. The molecule has 2 nitrogen and oxygen atoms in total. The molecule has 0 amide bonds. The second-order valence-corrected chi connectivity index (χ2v) is 6.48. The van der Waals surface area contributed by atoms with Gasteiger partial charge in [-0.05, 0) is 73.0 Å². The smallest absolute Gasteiger partial charge is 0.123 e. The summed E-state index contributed by atoms with van der Waals surface area (Å²) in [6.07, 6.45) is 2.46. The first-order valence-electron chi connectivity index (χ1n) is 7.43. The van der Waals surface area contributed by atoms with Gasteiger partial charge < -0.3 is 10.2 Å². The SMILES string of the molecule is CNC(C)c1cc(F)ccc1N(Cc1ccsc1)C1CC1. The zero-order chi connectivity index (χ0) is 14.8. The fourth-order valence-electron chi connectivity index (χ4n) is 2.67. The first kappa shape index (κ1) is 14.5. The minimum absolute atomic E-state index is 0.138. The lowest BCUT2D eigenvalue weighted by molar-refractivity contribution is 0.605. The van der Waals surface area contributed by atoms with Gasteiger partial charge in [0.1, 0.15) is 5.82 Å². The Bertz CT molecular complexity index is 593. The minimum Gasteiger partial charge on any atom is -0.364 e. The van der Waals surface area contributed by atoms with E-state index in [0.29, 0.717) is 6.04 Å². The average molecular weight is 304 g/mol. The van der Waals surface area contributed by atoms with Crippen molar-refractivity contribution in [2.24, 2.45) is 0 Å². The fourth-order valence-corrected chi connectivity index (χ4v) is 3.33. The first-order valence-corrected chi connectivity index (χ1v) is 8.37. The van der Waals surface area contributed by atoms with Crippen LogP contribution < -0.4 is 10.2 Å². The van der Waals surface area contributed by atoms with Gasteiger partial charge in [-0.3, -0.25) is 0 Å². The molecule has 1 unspecified atom stereocenters. The number of benzene rings is 1. The Hall–Kier alpha value is -1.39. The van der Waals surface area contributed by atoms with Crippen LogP contribution in [0.15, 0.2) is 35.0 Å². The Kier molecular flexibility index (Phi) is 4.27. The number of halogens is 1. The molecule has 1 aliphatic carbocycles. The van der Waals surface area contributed by atoms with Gasteiger partial charge in [-0.2, -0.15) is 11.3 Å². The monoisotopic (exact) mass is 304 g/mol. The van der Waals surface area contributed by atoms with Crippen molar-refractivity contribution in [3.63, 3.8) is 0 Å². The van der Waals surface area contributed by atoms with Crippen LogP contribution in [0.1, 0.15) is 36.9 Å². The Morgan fingerprint density at radius 3 is 2.81 bits per heavy atom. The molecule has 4 heteroatoms. The first-order chi connectivity index (χ1) is 10.2. The lowest BCUT2D eigenvalue weighted by Crippen LogP contribution is -2.27. The van der Waals surface area contributed by atoms with Crippen LogP contribution in [-0.2, 0) is 6.54 Å². The molecule has 0 spiro atoms. The molecular weight excluding hydrogens is 283 g/mol. The van der Waals surface area contributed by atoms with E-state index in [4.69, 9.17) is 0 Å². The topological polar surface area (TPSA) is 15.3 Å². The van der Waals surface area contributed by atoms with Crippen molar-refractivity contribution in [2.45, 2.75) is 38.4 Å². The Balaban J connectivity index is 1.95. The maximum atomic E-state index is 13.7. The van der Waals surface area contributed by atoms with Crippen LogP contribution in [0.25, 0.3) is 0 Å². The van der Waals surface area contributed by atoms with Gasteiger partial charge in [0.05, 0.1) is 0 Å². The summed E-state index contributed by atoms with van der Waals surface area (Å²) < 4.78 is 13.7. The van der Waals surface area contributed by atoms with Crippen molar-refractivity contribution in [3.8, 4) is 0 Å². The summed E-state index contributed by atoms with van der Waals surface area (Å²) in [7, 11) is 1.92. The van der Waals surface area contributed by atoms with Gasteiger partial charge in [0.2, 0.25) is 0 Å². The summed E-state index contributed by atoms with van der Waals surface area (Å²) in [5.74, 6) is -0.165. The predicted molar refractivity (Wildman–Crippen MR) is 87.4 cm³/mol. The van der Waals surface area contributed by atoms with Crippen LogP contribution in [0.3, 0.4) is 0 Å². The molecule has 0 aliphatic heterocycles. The van der Waals surface area contributed by atoms with Crippen LogP contribution >= 0.6 is 11.3 Å². The second-order valence-electron chi connectivity index (χ2n) is 5.70. The van der Waals surface area contributed by atoms with E-state index in [2.05, 4.69) is 34.0 Å². The molecule has 0 radical (unpaired) electrons. The number of anilines is 1. The lowest BCUT2D eigenvalue weighted by Gasteiger charge is -2.29. The predicted octanol–water partition coefficient (Wildman–Crippen LogP) is 4.34. The van der Waals surface area contributed by atoms with Crippen LogP contribution in [0, 0.1) is 5.82 Å². The summed E-state index contributed by atoms with van der Waals surface area (Å²) in [6.45, 7) is 2.98. The van der Waals surface area contributed by atoms with E-state index < -0.39 is 0 Å². The van der Waals surface area contributed by atoms with E-state index in [1.54, 1.807) is 23.5 Å². The highest BCUT2D eigenvalue weighted by atomic mass is 32.1. The third-order valence-electron chi connectivity index (χ3n) is 4.12. The molecule has 0 bridgehead atoms. The fraction of sp³-hybridized carbons (Fsp3) is 0.412. The highest BCUT2D eigenvalue weighted by Gasteiger charge is 2.31. The molecule has 1 heterocycles. The molecule has 1 fully saturated rings. The van der Waals surface area contributed by atoms with Crippen LogP contribution in [-0.4, -0.2) is 13.1 Å². The molecule has 3 rings (SSSR count). The van der Waals surface area contributed by atoms with Crippen molar-refractivity contribution in [3.05, 3.63) is 52.0 Å². The van der Waals surface area contributed by atoms with E-state index in [0.717, 1.165) is 17.8 Å². The number of hydrogen-bond donors (Lipinski definition) is 1. The van der Waals surface area contributed by atoms with E-state index in [1.165, 1.54) is 18.4 Å². The van der Waals surface area contributed by atoms with Gasteiger partial charge in [0, 0.05) is 24.3 Å². The average Bonchev–Trinajstić information content (AvgIpc) is 3.21. The molecule has 1 aromatic heterocycles. The summed E-state index contributed by atoms with van der Waals surface area (Å²) in [6, 6.07) is 8.08. The largest absolute Gasteiger partial charge is 0.364 e. The Labute approximate surface area is 129 Å². The lowest BCUT2D eigenvalue weighted by atomic mass is 10.0. The molecule has 1 aromatic carbocycles. The number of thiophene rings is 1. The Morgan fingerprint density at radius 2 is 2.19 bits per heavy atom. The van der Waals surface area contributed by atoms with Crippen molar-refractivity contribution in [1.29, 1.82) is 0 Å². The molecule has 0 saturated heterocycles. The summed E-state index contributed by atoms with van der Waals surface area (Å²) in [4.78, 5) is 2.44. The molecule has 1 aliphatic rings. The van der Waals surface area contributed by atoms with Crippen LogP contribution in [0.5, 0.6) is 0 Å². The van der Waals surface area contributed by atoms with Gasteiger partial charge in [0.15, 0.2) is 0 Å². The molecule has 1 atom stereocenters. The van der Waals surface area contributed by atoms with Gasteiger partial charge >= 0.3 is 0 Å². The van der Waals surface area contributed by atoms with Crippen molar-refractivity contribution in [2.75, 3.05) is 11.9 Å². The second kappa shape index (κ2) is 6.16. The van der Waals surface area contributed by atoms with E-state index >= 15 is 0 Å². The molecule has 1 N–H and O–H groups in total. The quantitative estimate of drug-likeness (QED) is 0.854. The van der Waals surface area contributed by atoms with Crippen molar-refractivity contribution >= 4 is 17.0 Å². The number of hydrogen-bond acceptors (Lipinski definition) is 3. The standard InChI is InChI=1S/C17H21FN2S/c1-12(19-2)16-9-14(18)3-6-17(16)20(15-4-5-15)10-13-7-8-21-11-13/h3,6-9,11-12,15,19H,4-5,10H2,1-2H3. The third-order valence-corrected chi connectivity index (χ3v) is 4.85. The summed E-state index contributed by atoms with van der Waals surface area (Å²) in [5.41, 5.74) is 3.53. The highest BCUT2D eigenvalue weighted by molar-refractivity contribution is 7.07. The molecule has 2 aromatic rings. The van der Waals surface area contributed by atoms with Crippen LogP contribution in [0.4, 0.5) is 10.1 Å². The number of rotatable bonds is 6. The van der Waals surface area contributed by atoms with Gasteiger partial charge in [-0.15, -0.1) is 0 Å². The number of nitrogens with zero attached hydrogens (tertiary/aromatic N) is 1. The van der Waals surface area contributed by atoms with Crippen molar-refractivity contribution in [1.82, 2.24) is 5.32 Å². The van der Waals surface area contributed by atoms with Gasteiger partial charge in [-0.1, -0.05) is 0 Å². The third kappa shape index (κ3) is 3.27. The summed E-state index contributed by atoms with van der Waals surface area (Å²) in [5, 5.41) is 7.54. The normalized spacial score (nSPS) is 16.0. The van der Waals surface area contributed by atoms with Gasteiger partial charge in [0.25, 0.3) is 0 Å². The van der Waals surface area contributed by atoms with Crippen LogP contribution in [0.2, 0.25) is 0 Å². The van der Waals surface area contributed by atoms with E-state index in [9.17, 15) is 4.39 Å². The number of nitrogens with one attached hydrogen (secondary N) is 1. The zero-order valence-electron chi connectivity index (χ0n) is 12.5. The molecule has 1 saturated carbocycles. The van der Waals surface area contributed by atoms with Gasteiger partial charge in [-0.25, -0.2) is 4.39 Å². The highest BCUT2D eigenvalue weighted by Crippen LogP contribution is 2.37.